The zero-order valence-corrected chi connectivity index (χ0v) is 17.8. The largest absolute Gasteiger partial charge is 0.465 e. The number of anilines is 2. The van der Waals surface area contributed by atoms with Crippen LogP contribution in [-0.4, -0.2) is 56.2 Å². The van der Waals surface area contributed by atoms with E-state index in [1.807, 2.05) is 0 Å². The van der Waals surface area contributed by atoms with Crippen LogP contribution in [0.4, 0.5) is 10.8 Å². The van der Waals surface area contributed by atoms with E-state index < -0.39 is 28.4 Å². The van der Waals surface area contributed by atoms with Crippen molar-refractivity contribution in [3.05, 3.63) is 34.8 Å². The SMILES string of the molecule is COC(=O)c1sc(NC(=O)CN(C)S(=O)(=O)c2ccc(NC(C)=O)cc2)nc1C. The number of aromatic nitrogens is 1. The minimum absolute atomic E-state index is 0.0278. The molecule has 29 heavy (non-hydrogen) atoms. The number of carbonyl (C=O) groups excluding carboxylic acids is 3. The molecule has 0 fully saturated rings. The molecule has 0 aliphatic rings. The Morgan fingerprint density at radius 3 is 2.34 bits per heavy atom. The number of methoxy groups -OCH3 is 1. The van der Waals surface area contributed by atoms with Gasteiger partial charge < -0.3 is 15.4 Å². The van der Waals surface area contributed by atoms with E-state index in [2.05, 4.69) is 20.4 Å². The van der Waals surface area contributed by atoms with Crippen molar-refractivity contribution in [3.8, 4) is 0 Å². The molecule has 2 aromatic rings. The maximum Gasteiger partial charge on any atom is 0.350 e. The molecule has 0 saturated carbocycles. The van der Waals surface area contributed by atoms with Gasteiger partial charge in [0.25, 0.3) is 0 Å². The lowest BCUT2D eigenvalue weighted by atomic mass is 10.3. The molecule has 0 radical (unpaired) electrons. The lowest BCUT2D eigenvalue weighted by molar-refractivity contribution is -0.116. The van der Waals surface area contributed by atoms with Crippen molar-refractivity contribution in [2.45, 2.75) is 18.7 Å². The Morgan fingerprint density at radius 1 is 1.17 bits per heavy atom. The second-order valence-electron chi connectivity index (χ2n) is 5.94. The molecular formula is C17H20N4O6S2. The summed E-state index contributed by atoms with van der Waals surface area (Å²) in [7, 11) is -1.42. The minimum atomic E-state index is -3.92. The van der Waals surface area contributed by atoms with Crippen LogP contribution in [0.5, 0.6) is 0 Å². The quantitative estimate of drug-likeness (QED) is 0.622. The van der Waals surface area contributed by atoms with Gasteiger partial charge in [-0.1, -0.05) is 11.3 Å². The Morgan fingerprint density at radius 2 is 1.79 bits per heavy atom. The molecule has 1 aromatic carbocycles. The average Bonchev–Trinajstić information content (AvgIpc) is 3.00. The van der Waals surface area contributed by atoms with Crippen LogP contribution >= 0.6 is 11.3 Å². The molecule has 156 valence electrons. The predicted molar refractivity (Wildman–Crippen MR) is 107 cm³/mol. The number of ether oxygens (including phenoxy) is 1. The highest BCUT2D eigenvalue weighted by atomic mass is 32.2. The summed E-state index contributed by atoms with van der Waals surface area (Å²) in [6.07, 6.45) is 0. The number of hydrogen-bond acceptors (Lipinski definition) is 8. The number of aryl methyl sites for hydroxylation is 1. The maximum atomic E-state index is 12.6. The molecule has 12 heteroatoms. The van der Waals surface area contributed by atoms with Crippen LogP contribution in [0.25, 0.3) is 0 Å². The van der Waals surface area contributed by atoms with Gasteiger partial charge in [-0.3, -0.25) is 9.59 Å². The summed E-state index contributed by atoms with van der Waals surface area (Å²) in [6.45, 7) is 2.48. The van der Waals surface area contributed by atoms with Gasteiger partial charge in [0.05, 0.1) is 24.2 Å². The number of carbonyl (C=O) groups is 3. The number of rotatable bonds is 7. The van der Waals surface area contributed by atoms with Gasteiger partial charge in [-0.2, -0.15) is 4.31 Å². The fourth-order valence-corrected chi connectivity index (χ4v) is 4.30. The van der Waals surface area contributed by atoms with Crippen molar-refractivity contribution < 1.29 is 27.5 Å². The van der Waals surface area contributed by atoms with Gasteiger partial charge in [-0.25, -0.2) is 18.2 Å². The van der Waals surface area contributed by atoms with Crippen molar-refractivity contribution >= 4 is 50.0 Å². The third-order valence-corrected chi connectivity index (χ3v) is 6.53. The number of nitrogens with one attached hydrogen (secondary N) is 2. The fourth-order valence-electron chi connectivity index (χ4n) is 2.27. The summed E-state index contributed by atoms with van der Waals surface area (Å²) in [5, 5.41) is 5.18. The minimum Gasteiger partial charge on any atom is -0.465 e. The first kappa shape index (κ1) is 22.5. The van der Waals surface area contributed by atoms with Gasteiger partial charge in [0.2, 0.25) is 21.8 Å². The summed E-state index contributed by atoms with van der Waals surface area (Å²) < 4.78 is 30.8. The summed E-state index contributed by atoms with van der Waals surface area (Å²) in [5.41, 5.74) is 0.856. The Bertz CT molecular complexity index is 1030. The van der Waals surface area contributed by atoms with Crippen LogP contribution in [0.15, 0.2) is 29.2 Å². The molecule has 0 unspecified atom stereocenters. The van der Waals surface area contributed by atoms with Gasteiger partial charge in [0.15, 0.2) is 5.13 Å². The normalized spacial score (nSPS) is 11.2. The Labute approximate surface area is 171 Å². The van der Waals surface area contributed by atoms with Crippen LogP contribution in [-0.2, 0) is 24.3 Å². The lowest BCUT2D eigenvalue weighted by Gasteiger charge is -2.16. The zero-order valence-electron chi connectivity index (χ0n) is 16.2. The van der Waals surface area contributed by atoms with Crippen LogP contribution in [0.3, 0.4) is 0 Å². The second kappa shape index (κ2) is 9.11. The van der Waals surface area contributed by atoms with Crippen molar-refractivity contribution in [2.24, 2.45) is 0 Å². The molecule has 1 heterocycles. The highest BCUT2D eigenvalue weighted by molar-refractivity contribution is 7.89. The topological polar surface area (TPSA) is 135 Å². The second-order valence-corrected chi connectivity index (χ2v) is 8.98. The number of esters is 1. The molecule has 1 aromatic heterocycles. The van der Waals surface area contributed by atoms with Gasteiger partial charge in [-0.05, 0) is 31.2 Å². The van der Waals surface area contributed by atoms with Crippen LogP contribution < -0.4 is 10.6 Å². The molecule has 0 spiro atoms. The van der Waals surface area contributed by atoms with Gasteiger partial charge in [0, 0.05) is 19.7 Å². The molecule has 2 rings (SSSR count). The van der Waals surface area contributed by atoms with E-state index in [-0.39, 0.29) is 20.8 Å². The molecule has 0 saturated heterocycles. The molecule has 0 aliphatic heterocycles. The molecule has 0 aliphatic carbocycles. The number of amides is 2. The predicted octanol–water partition coefficient (Wildman–Crippen LogP) is 1.46. The van der Waals surface area contributed by atoms with E-state index in [4.69, 9.17) is 0 Å². The monoisotopic (exact) mass is 440 g/mol. The Kier molecular flexibility index (Phi) is 7.06. The molecule has 10 nitrogen and oxygen atoms in total. The number of benzene rings is 1. The van der Waals surface area contributed by atoms with Gasteiger partial charge in [0.1, 0.15) is 4.88 Å². The van der Waals surface area contributed by atoms with E-state index in [0.717, 1.165) is 15.6 Å². The highest BCUT2D eigenvalue weighted by Crippen LogP contribution is 2.23. The van der Waals surface area contributed by atoms with Gasteiger partial charge in [-0.15, -0.1) is 0 Å². The third-order valence-electron chi connectivity index (χ3n) is 3.66. The number of likely N-dealkylation sites (N-methyl/N-ethyl adjacent to an activating group) is 1. The maximum absolute atomic E-state index is 12.6. The third kappa shape index (κ3) is 5.59. The van der Waals surface area contributed by atoms with Crippen molar-refractivity contribution in [2.75, 3.05) is 31.3 Å². The van der Waals surface area contributed by atoms with Crippen molar-refractivity contribution in [1.29, 1.82) is 0 Å². The first-order valence-corrected chi connectivity index (χ1v) is 10.5. The van der Waals surface area contributed by atoms with Crippen LogP contribution in [0.1, 0.15) is 22.3 Å². The Balaban J connectivity index is 2.06. The molecule has 0 atom stereocenters. The van der Waals surface area contributed by atoms with E-state index >= 15 is 0 Å². The van der Waals surface area contributed by atoms with E-state index in [1.165, 1.54) is 45.3 Å². The van der Waals surface area contributed by atoms with E-state index in [0.29, 0.717) is 11.4 Å². The summed E-state index contributed by atoms with van der Waals surface area (Å²) in [4.78, 5) is 39.2. The Hall–Kier alpha value is -2.83. The van der Waals surface area contributed by atoms with E-state index in [9.17, 15) is 22.8 Å². The first-order chi connectivity index (χ1) is 13.5. The highest BCUT2D eigenvalue weighted by Gasteiger charge is 2.24. The smallest absolute Gasteiger partial charge is 0.350 e. The lowest BCUT2D eigenvalue weighted by Crippen LogP contribution is -2.34. The standard InChI is InChI=1S/C17H20N4O6S2/c1-10-15(16(24)27-4)28-17(18-10)20-14(23)9-21(3)29(25,26)13-7-5-12(6-8-13)19-11(2)22/h5-8H,9H2,1-4H3,(H,19,22)(H,18,20,23). The fraction of sp³-hybridized carbons (Fsp3) is 0.294. The summed E-state index contributed by atoms with van der Waals surface area (Å²) in [6, 6.07) is 5.58. The molecule has 2 amide bonds. The molecular weight excluding hydrogens is 420 g/mol. The zero-order chi connectivity index (χ0) is 21.8. The van der Waals surface area contributed by atoms with Crippen LogP contribution in [0.2, 0.25) is 0 Å². The number of hydrogen-bond donors (Lipinski definition) is 2. The summed E-state index contributed by atoms with van der Waals surface area (Å²) >= 11 is 0.938. The number of sulfonamides is 1. The van der Waals surface area contributed by atoms with Crippen LogP contribution in [0, 0.1) is 6.92 Å². The number of thiazole rings is 1. The van der Waals surface area contributed by atoms with Gasteiger partial charge >= 0.3 is 5.97 Å². The average molecular weight is 441 g/mol. The van der Waals surface area contributed by atoms with Crippen molar-refractivity contribution in [3.63, 3.8) is 0 Å². The first-order valence-electron chi connectivity index (χ1n) is 8.24. The summed E-state index contributed by atoms with van der Waals surface area (Å²) in [5.74, 6) is -1.46. The molecule has 0 bridgehead atoms. The van der Waals surface area contributed by atoms with E-state index in [1.54, 1.807) is 6.92 Å². The molecule has 2 N–H and O–H groups in total. The van der Waals surface area contributed by atoms with Crippen molar-refractivity contribution in [1.82, 2.24) is 9.29 Å². The number of nitrogens with zero attached hydrogens (tertiary/aromatic N) is 2.